The highest BCUT2D eigenvalue weighted by molar-refractivity contribution is 6.21. The number of aromatic hydroxyl groups is 2. The molecule has 5 bridgehead atoms. The number of piperazine rings is 1. The summed E-state index contributed by atoms with van der Waals surface area (Å²) in [6.45, 7) is 23.2. The minimum absolute atomic E-state index is 0.0542. The van der Waals surface area contributed by atoms with Crippen molar-refractivity contribution in [1.82, 2.24) is 14.7 Å². The zero-order chi connectivity index (χ0) is 52.0. The number of hydrogen-bond donors (Lipinski definition) is 5. The molecule has 7 heterocycles. The summed E-state index contributed by atoms with van der Waals surface area (Å²) in [7, 11) is 1.50. The number of nitrogens with one attached hydrogen (secondary N) is 1. The minimum atomic E-state index is -1.98. The van der Waals surface area contributed by atoms with Gasteiger partial charge in [0, 0.05) is 126 Å². The monoisotopic (exact) mass is 1000 g/mol. The third-order valence-corrected chi connectivity index (χ3v) is 16.0. The van der Waals surface area contributed by atoms with Gasteiger partial charge >= 0.3 is 11.9 Å². The van der Waals surface area contributed by atoms with Crippen LogP contribution in [0.15, 0.2) is 46.1 Å². The molecule has 1 unspecified atom stereocenters. The van der Waals surface area contributed by atoms with Crippen LogP contribution in [0.2, 0.25) is 0 Å². The van der Waals surface area contributed by atoms with Gasteiger partial charge in [-0.25, -0.2) is 9.79 Å². The molecular formula is C54H76N6O12. The van der Waals surface area contributed by atoms with Gasteiger partial charge < -0.3 is 59.2 Å². The van der Waals surface area contributed by atoms with Crippen LogP contribution in [0.4, 0.5) is 10.5 Å². The molecule has 2 aromatic carbocycles. The summed E-state index contributed by atoms with van der Waals surface area (Å²) >= 11 is 0. The molecule has 0 aromatic heterocycles. The number of allylic oxidation sites excluding steroid dienone is 2. The number of Topliss-reactive ketones (excluding diaryl/α,β-unsaturated/α-hetero) is 1. The Morgan fingerprint density at radius 2 is 1.62 bits per heavy atom. The number of phenolic OH excluding ortho intramolecular Hbond substituents is 2. The number of anilines is 1. The van der Waals surface area contributed by atoms with Crippen LogP contribution in [-0.4, -0.2) is 161 Å². The van der Waals surface area contributed by atoms with Crippen LogP contribution in [0.5, 0.6) is 17.2 Å². The van der Waals surface area contributed by atoms with Crippen LogP contribution in [0, 0.1) is 42.4 Å². The molecule has 18 heteroatoms. The number of likely N-dealkylation sites (tertiary alicyclic amines) is 1. The number of methoxy groups -OCH3 is 1. The number of aliphatic hydroxyl groups is 2. The first-order chi connectivity index (χ1) is 34.2. The Kier molecular flexibility index (Phi) is 15.8. The Balaban J connectivity index is 1.18. The molecule has 7 aliphatic heterocycles. The smallest absolute Gasteiger partial charge is 0.410 e. The van der Waals surface area contributed by atoms with E-state index in [-0.39, 0.29) is 49.7 Å². The Bertz CT molecular complexity index is 2610. The normalized spacial score (nSPS) is 33.2. The lowest BCUT2D eigenvalue weighted by molar-refractivity contribution is -0.114. The second kappa shape index (κ2) is 21.4. The number of carbonyl (C=O) groups excluding carboxylic acids is 3. The van der Waals surface area contributed by atoms with Crippen LogP contribution in [0.3, 0.4) is 0 Å². The second-order valence-electron chi connectivity index (χ2n) is 21.8. The number of fused-ring (bicyclic) bond motifs is 13. The summed E-state index contributed by atoms with van der Waals surface area (Å²) < 4.78 is 30.6. The molecule has 10 atom stereocenters. The summed E-state index contributed by atoms with van der Waals surface area (Å²) in [6.07, 6.45) is 5.52. The molecular weight excluding hydrogens is 925 g/mol. The Morgan fingerprint density at radius 3 is 2.28 bits per heavy atom. The zero-order valence-corrected chi connectivity index (χ0v) is 43.6. The molecule has 2 amide bonds. The second-order valence-corrected chi connectivity index (χ2v) is 21.8. The van der Waals surface area contributed by atoms with Crippen LogP contribution in [0.25, 0.3) is 10.8 Å². The molecule has 3 saturated heterocycles. The van der Waals surface area contributed by atoms with Crippen molar-refractivity contribution in [3.05, 3.63) is 58.0 Å². The molecule has 7 aliphatic rings. The van der Waals surface area contributed by atoms with Gasteiger partial charge in [0.05, 0.1) is 47.8 Å². The predicted octanol–water partition coefficient (Wildman–Crippen LogP) is 4.98. The van der Waals surface area contributed by atoms with Crippen molar-refractivity contribution < 1.29 is 58.5 Å². The zero-order valence-electron chi connectivity index (χ0n) is 43.6. The number of rotatable bonds is 6. The maximum absolute atomic E-state index is 15.0. The molecule has 5 N–H and O–H groups in total. The van der Waals surface area contributed by atoms with Crippen molar-refractivity contribution in [3.8, 4) is 17.2 Å². The highest BCUT2D eigenvalue weighted by atomic mass is 16.7. The number of phenols is 2. The lowest BCUT2D eigenvalue weighted by atomic mass is 9.78. The van der Waals surface area contributed by atoms with Gasteiger partial charge in [-0.1, -0.05) is 59.8 Å². The lowest BCUT2D eigenvalue weighted by Gasteiger charge is -2.40. The summed E-state index contributed by atoms with van der Waals surface area (Å²) in [6, 6.07) is 0. The highest BCUT2D eigenvalue weighted by Gasteiger charge is 2.51. The Hall–Kier alpha value is -5.11. The van der Waals surface area contributed by atoms with Crippen molar-refractivity contribution in [1.29, 1.82) is 0 Å². The fraction of sp³-hybridized carbons (Fsp3) is 0.648. The lowest BCUT2D eigenvalue weighted by Crippen LogP contribution is -2.52. The predicted molar refractivity (Wildman–Crippen MR) is 269 cm³/mol. The number of benzene rings is 2. The first kappa shape index (κ1) is 53.2. The summed E-state index contributed by atoms with van der Waals surface area (Å²) in [5, 5.41) is 51.6. The number of ketones is 1. The van der Waals surface area contributed by atoms with E-state index in [1.165, 1.54) is 20.3 Å². The number of aliphatic hydroxyl groups excluding tert-OH is 2. The van der Waals surface area contributed by atoms with Gasteiger partial charge in [-0.05, 0) is 38.2 Å². The van der Waals surface area contributed by atoms with Gasteiger partial charge in [0.15, 0.2) is 5.75 Å². The van der Waals surface area contributed by atoms with E-state index < -0.39 is 83.1 Å². The molecule has 0 saturated carbocycles. The van der Waals surface area contributed by atoms with Crippen LogP contribution < -0.4 is 20.8 Å². The van der Waals surface area contributed by atoms with E-state index in [9.17, 15) is 34.8 Å². The maximum atomic E-state index is 15.0. The van der Waals surface area contributed by atoms with E-state index >= 15 is 0 Å². The standard InChI is InChI=1S/C54H76N6O12/c1-29(2)26-58-18-16-54(17-19-58)56-41-38-39-46(63)35(8)49-40(38)50(65)53(9,72-49)70-25-15-37(68-10)32(5)48(71-52(67)60-22-20-59(21-23-60)27-36-14-24-69-28-36)34(7)45(62)33(6)44(61)30(3)12-11-13-31(4)51(66)55-43(47(39)64)42(41)57-54/h11-13,15,25,29-30,32-34,36-37,44-45,48,56,61-64H,14,16-24,26-28H2,1-10H3/b12-11+,25-15+,31-13-,55-43?/t30-,32+,33+,34+,36?,37-,44-,45+,48+,53-/m0/s1. The first-order valence-corrected chi connectivity index (χ1v) is 25.8. The van der Waals surface area contributed by atoms with Gasteiger partial charge in [-0.3, -0.25) is 19.5 Å². The quantitative estimate of drug-likeness (QED) is 0.241. The Labute approximate surface area is 422 Å². The van der Waals surface area contributed by atoms with E-state index in [1.54, 1.807) is 63.8 Å². The highest BCUT2D eigenvalue weighted by Crippen LogP contribution is 2.51. The number of hydrogen-bond acceptors (Lipinski definition) is 16. The van der Waals surface area contributed by atoms with E-state index in [0.717, 1.165) is 45.8 Å². The van der Waals surface area contributed by atoms with Crippen molar-refractivity contribution in [2.24, 2.45) is 45.5 Å². The van der Waals surface area contributed by atoms with Gasteiger partial charge in [-0.15, -0.1) is 0 Å². The van der Waals surface area contributed by atoms with E-state index in [1.807, 2.05) is 6.92 Å². The number of carbonyl (C=O) groups is 3. The van der Waals surface area contributed by atoms with Crippen LogP contribution in [-0.2, 0) is 23.7 Å². The molecule has 394 valence electrons. The molecule has 9 rings (SSSR count). The fourth-order valence-electron chi connectivity index (χ4n) is 11.4. The van der Waals surface area contributed by atoms with Crippen molar-refractivity contribution in [3.63, 3.8) is 0 Å². The average molecular weight is 1000 g/mol. The summed E-state index contributed by atoms with van der Waals surface area (Å²) in [5.41, 5.74) is -0.122. The van der Waals surface area contributed by atoms with Crippen molar-refractivity contribution >= 4 is 34.2 Å². The van der Waals surface area contributed by atoms with Gasteiger partial charge in [0.2, 0.25) is 0 Å². The summed E-state index contributed by atoms with van der Waals surface area (Å²) in [4.78, 5) is 59.1. The fourth-order valence-corrected chi connectivity index (χ4v) is 11.4. The van der Waals surface area contributed by atoms with Gasteiger partial charge in [-0.2, -0.15) is 0 Å². The summed E-state index contributed by atoms with van der Waals surface area (Å²) in [5.74, 6) is -5.70. The Morgan fingerprint density at radius 1 is 0.917 bits per heavy atom. The molecule has 3 fully saturated rings. The molecule has 1 spiro atoms. The maximum Gasteiger partial charge on any atom is 0.410 e. The number of ether oxygens (including phenoxy) is 5. The van der Waals surface area contributed by atoms with Crippen LogP contribution >= 0.6 is 0 Å². The number of nitrogens with zero attached hydrogens (tertiary/aromatic N) is 5. The topological polar surface area (TPSA) is 225 Å². The molecule has 0 radical (unpaired) electrons. The number of piperidine rings is 1. The molecule has 0 aliphatic carbocycles. The first-order valence-electron chi connectivity index (χ1n) is 25.8. The minimum Gasteiger partial charge on any atom is -0.507 e. The van der Waals surface area contributed by atoms with Gasteiger partial charge in [0.25, 0.3) is 11.7 Å². The average Bonchev–Trinajstić information content (AvgIpc) is 4.08. The van der Waals surface area contributed by atoms with E-state index in [2.05, 4.69) is 34.0 Å². The molecule has 72 heavy (non-hydrogen) atoms. The molecule has 18 nitrogen and oxygen atoms in total. The third-order valence-electron chi connectivity index (χ3n) is 16.0. The third kappa shape index (κ3) is 10.4. The number of amides is 2. The molecule has 2 aromatic rings. The van der Waals surface area contributed by atoms with Crippen molar-refractivity contribution in [2.45, 2.75) is 117 Å². The van der Waals surface area contributed by atoms with Gasteiger partial charge in [0.1, 0.15) is 34.0 Å². The SMILES string of the molecule is CO[C@H]1/C=C/O[C@@]2(C)Oc3c(C)c(O)c4c(O)c(c5c(c4c3C2=O)NC2(CCN(CC(C)C)CC2)N=5)=NC(=O)/C(C)=C\C=C\[C@H](C)[C@H](O)[C@@H](C)[C@@H](O)[C@@H](C)[C@H](OC(=O)N2CCN(CC3CCOC3)CC2)[C@@H]1C. The van der Waals surface area contributed by atoms with Crippen LogP contribution in [0.1, 0.15) is 90.6 Å². The largest absolute Gasteiger partial charge is 0.507 e. The van der Waals surface area contributed by atoms with E-state index in [0.29, 0.717) is 56.5 Å². The van der Waals surface area contributed by atoms with Crippen molar-refractivity contribution in [2.75, 3.05) is 78.0 Å². The van der Waals surface area contributed by atoms with E-state index in [4.69, 9.17) is 28.7 Å².